The van der Waals surface area contributed by atoms with Gasteiger partial charge in [0, 0.05) is 17.1 Å². The van der Waals surface area contributed by atoms with Gasteiger partial charge in [-0.25, -0.2) is 4.79 Å². The molecule has 0 aliphatic rings. The lowest BCUT2D eigenvalue weighted by Gasteiger charge is -2.00. The minimum Gasteiger partial charge on any atom is -0.475 e. The predicted molar refractivity (Wildman–Crippen MR) is 76.6 cm³/mol. The number of aromatic nitrogens is 1. The molecule has 2 aromatic rings. The Morgan fingerprint density at radius 2 is 1.90 bits per heavy atom. The molecule has 108 valence electrons. The zero-order valence-electron chi connectivity index (χ0n) is 10.9. The Kier molecular flexibility index (Phi) is 4.55. The highest BCUT2D eigenvalue weighted by atomic mass is 35.5. The van der Waals surface area contributed by atoms with Crippen molar-refractivity contribution >= 4 is 29.1 Å². The number of carbonyl (C=O) groups is 3. The summed E-state index contributed by atoms with van der Waals surface area (Å²) >= 11 is 5.90. The van der Waals surface area contributed by atoms with Crippen LogP contribution in [0.15, 0.2) is 36.4 Å². The molecule has 1 aromatic carbocycles. The molecule has 2 N–H and O–H groups in total. The molecule has 0 aliphatic carbocycles. The van der Waals surface area contributed by atoms with Gasteiger partial charge in [-0.1, -0.05) is 23.7 Å². The minimum atomic E-state index is -1.60. The molecule has 0 unspecified atom stereocenters. The van der Waals surface area contributed by atoms with Crippen LogP contribution in [0.4, 0.5) is 0 Å². The van der Waals surface area contributed by atoms with Gasteiger partial charge < -0.3 is 10.1 Å². The third kappa shape index (κ3) is 4.03. The number of carboxylic acids is 1. The van der Waals surface area contributed by atoms with Crippen LogP contribution >= 0.6 is 11.6 Å². The zero-order valence-corrected chi connectivity index (χ0v) is 11.7. The molecule has 0 aliphatic heterocycles. The fraction of sp³-hybridized carbons (Fsp3) is 0.133. The molecule has 0 saturated carbocycles. The minimum absolute atomic E-state index is 0.224. The van der Waals surface area contributed by atoms with Gasteiger partial charge >= 0.3 is 5.97 Å². The number of H-pyrrole nitrogens is 1. The van der Waals surface area contributed by atoms with Crippen molar-refractivity contribution in [2.45, 2.75) is 12.8 Å². The quantitative estimate of drug-likeness (QED) is 0.487. The number of rotatable bonds is 6. The van der Waals surface area contributed by atoms with Crippen molar-refractivity contribution in [3.63, 3.8) is 0 Å². The van der Waals surface area contributed by atoms with Crippen molar-refractivity contribution in [2.75, 3.05) is 0 Å². The van der Waals surface area contributed by atoms with Crippen LogP contribution in [0.2, 0.25) is 5.02 Å². The van der Waals surface area contributed by atoms with Gasteiger partial charge in [0.05, 0.1) is 12.1 Å². The number of ketones is 2. The summed E-state index contributed by atoms with van der Waals surface area (Å²) < 4.78 is 0. The van der Waals surface area contributed by atoms with E-state index >= 15 is 0 Å². The fourth-order valence-corrected chi connectivity index (χ4v) is 2.10. The maximum Gasteiger partial charge on any atom is 0.372 e. The van der Waals surface area contributed by atoms with Crippen LogP contribution in [0, 0.1) is 0 Å². The summed E-state index contributed by atoms with van der Waals surface area (Å²) in [7, 11) is 0. The van der Waals surface area contributed by atoms with Crippen molar-refractivity contribution in [1.29, 1.82) is 0 Å². The highest BCUT2D eigenvalue weighted by molar-refractivity contribution is 6.37. The number of hydrogen-bond donors (Lipinski definition) is 2. The van der Waals surface area contributed by atoms with Crippen LogP contribution in [0.1, 0.15) is 28.2 Å². The zero-order chi connectivity index (χ0) is 15.4. The summed E-state index contributed by atoms with van der Waals surface area (Å²) in [5, 5.41) is 9.11. The van der Waals surface area contributed by atoms with Crippen molar-refractivity contribution in [1.82, 2.24) is 4.98 Å². The largest absolute Gasteiger partial charge is 0.475 e. The molecule has 1 aromatic heterocycles. The number of Topliss-reactive ketones (excluding diaryl/α,β-unsaturated/α-hetero) is 2. The third-order valence-corrected chi connectivity index (χ3v) is 3.13. The number of carboxylic acid groups (broad SMARTS) is 1. The van der Waals surface area contributed by atoms with Gasteiger partial charge in [0.25, 0.3) is 0 Å². The first kappa shape index (κ1) is 15.0. The average Bonchev–Trinajstić information content (AvgIpc) is 2.87. The number of benzene rings is 1. The van der Waals surface area contributed by atoms with Gasteiger partial charge in [-0.3, -0.25) is 9.59 Å². The maximum absolute atomic E-state index is 11.7. The van der Waals surface area contributed by atoms with Gasteiger partial charge in [0.15, 0.2) is 5.78 Å². The monoisotopic (exact) mass is 305 g/mol. The van der Waals surface area contributed by atoms with Crippen LogP contribution in [0.3, 0.4) is 0 Å². The Hall–Kier alpha value is -2.40. The van der Waals surface area contributed by atoms with Gasteiger partial charge in [-0.05, 0) is 29.8 Å². The summed E-state index contributed by atoms with van der Waals surface area (Å²) in [4.78, 5) is 36.1. The van der Waals surface area contributed by atoms with E-state index in [0.29, 0.717) is 11.4 Å². The molecular formula is C15H12ClNO4. The van der Waals surface area contributed by atoms with E-state index in [2.05, 4.69) is 4.98 Å². The van der Waals surface area contributed by atoms with E-state index in [4.69, 9.17) is 16.7 Å². The second-order valence-electron chi connectivity index (χ2n) is 4.53. The Morgan fingerprint density at radius 1 is 1.14 bits per heavy atom. The van der Waals surface area contributed by atoms with Gasteiger partial charge in [0.1, 0.15) is 0 Å². The number of nitrogens with one attached hydrogen (secondary N) is 1. The number of aliphatic carboxylic acids is 1. The summed E-state index contributed by atoms with van der Waals surface area (Å²) in [5.74, 6) is -3.26. The molecule has 0 bridgehead atoms. The van der Waals surface area contributed by atoms with Gasteiger partial charge in [-0.15, -0.1) is 0 Å². The summed E-state index contributed by atoms with van der Waals surface area (Å²) in [5.41, 5.74) is 1.98. The summed E-state index contributed by atoms with van der Waals surface area (Å²) in [6.07, 6.45) is -0.0901. The molecule has 21 heavy (non-hydrogen) atoms. The lowest BCUT2D eigenvalue weighted by atomic mass is 10.1. The third-order valence-electron chi connectivity index (χ3n) is 2.89. The first-order valence-corrected chi connectivity index (χ1v) is 6.55. The Balaban J connectivity index is 2.06. The van der Waals surface area contributed by atoms with Crippen LogP contribution in [-0.4, -0.2) is 27.6 Å². The molecule has 0 fully saturated rings. The predicted octanol–water partition coefficient (Wildman–Crippen LogP) is 2.49. The SMILES string of the molecule is O=C(O)C(=O)CC(=O)c1ccc(Cc2cccc(Cl)c2)[nH]1. The molecule has 6 heteroatoms. The molecule has 0 spiro atoms. The Labute approximate surface area is 125 Å². The summed E-state index contributed by atoms with van der Waals surface area (Å²) in [6.45, 7) is 0. The molecule has 0 amide bonds. The van der Waals surface area contributed by atoms with Crippen molar-refractivity contribution in [3.8, 4) is 0 Å². The first-order valence-electron chi connectivity index (χ1n) is 6.17. The molecule has 0 atom stereocenters. The number of halogens is 1. The van der Waals surface area contributed by atoms with Gasteiger partial charge in [0.2, 0.25) is 5.78 Å². The van der Waals surface area contributed by atoms with E-state index in [1.807, 2.05) is 18.2 Å². The fourth-order valence-electron chi connectivity index (χ4n) is 1.89. The van der Waals surface area contributed by atoms with Crippen LogP contribution in [0.25, 0.3) is 0 Å². The van der Waals surface area contributed by atoms with E-state index in [1.54, 1.807) is 12.1 Å². The molecular weight excluding hydrogens is 294 g/mol. The highest BCUT2D eigenvalue weighted by Crippen LogP contribution is 2.15. The van der Waals surface area contributed by atoms with Gasteiger partial charge in [-0.2, -0.15) is 0 Å². The average molecular weight is 306 g/mol. The van der Waals surface area contributed by atoms with E-state index in [-0.39, 0.29) is 5.69 Å². The second kappa shape index (κ2) is 6.37. The molecule has 1 heterocycles. The van der Waals surface area contributed by atoms with Crippen molar-refractivity contribution in [2.24, 2.45) is 0 Å². The normalized spacial score (nSPS) is 10.3. The highest BCUT2D eigenvalue weighted by Gasteiger charge is 2.18. The molecule has 2 rings (SSSR count). The number of hydrogen-bond acceptors (Lipinski definition) is 3. The Bertz CT molecular complexity index is 705. The van der Waals surface area contributed by atoms with Crippen LogP contribution in [-0.2, 0) is 16.0 Å². The van der Waals surface area contributed by atoms with E-state index in [0.717, 1.165) is 11.3 Å². The van der Waals surface area contributed by atoms with Crippen LogP contribution in [0.5, 0.6) is 0 Å². The molecule has 0 saturated heterocycles. The van der Waals surface area contributed by atoms with Crippen molar-refractivity contribution in [3.05, 3.63) is 58.4 Å². The van der Waals surface area contributed by atoms with E-state index in [9.17, 15) is 14.4 Å². The van der Waals surface area contributed by atoms with E-state index in [1.165, 1.54) is 6.07 Å². The smallest absolute Gasteiger partial charge is 0.372 e. The van der Waals surface area contributed by atoms with Crippen LogP contribution < -0.4 is 0 Å². The first-order chi connectivity index (χ1) is 9.95. The molecule has 0 radical (unpaired) electrons. The standard InChI is InChI=1S/C15H12ClNO4/c16-10-3-1-2-9(6-10)7-11-4-5-12(17-11)13(18)8-14(19)15(20)21/h1-6,17H,7-8H2,(H,20,21). The second-order valence-corrected chi connectivity index (χ2v) is 4.97. The van der Waals surface area contributed by atoms with Crippen molar-refractivity contribution < 1.29 is 19.5 Å². The topological polar surface area (TPSA) is 87.2 Å². The summed E-state index contributed by atoms with van der Waals surface area (Å²) in [6, 6.07) is 10.6. The maximum atomic E-state index is 11.7. The molecule has 5 nitrogen and oxygen atoms in total. The number of carbonyl (C=O) groups excluding carboxylic acids is 2. The Morgan fingerprint density at radius 3 is 2.57 bits per heavy atom. The van der Waals surface area contributed by atoms with E-state index < -0.39 is 24.0 Å². The lowest BCUT2D eigenvalue weighted by Crippen LogP contribution is -2.17. The lowest BCUT2D eigenvalue weighted by molar-refractivity contribution is -0.148. The number of aromatic amines is 1.